The number of allylic oxidation sites excluding steroid dienone is 4. The molecule has 0 aliphatic heterocycles. The van der Waals surface area contributed by atoms with Crippen molar-refractivity contribution in [3.63, 3.8) is 0 Å². The molecule has 114 valence electrons. The minimum atomic E-state index is -3.39. The fraction of sp³-hybridized carbons (Fsp3) is 0.733. The molecule has 0 bridgehead atoms. The van der Waals surface area contributed by atoms with Crippen LogP contribution in [0.2, 0.25) is 28.9 Å². The van der Waals surface area contributed by atoms with Crippen molar-refractivity contribution < 1.29 is 13.4 Å². The summed E-state index contributed by atoms with van der Waals surface area (Å²) in [7, 11) is 18.8. The van der Waals surface area contributed by atoms with E-state index in [9.17, 15) is 0 Å². The van der Waals surface area contributed by atoms with Crippen molar-refractivity contribution in [3.8, 4) is 0 Å². The van der Waals surface area contributed by atoms with Crippen LogP contribution < -0.4 is 0 Å². The SMILES string of the molecule is CC[Si](C)(C)C[C]1([Ti]([Cl])([Cl])[Cl])C=C(C)C2=C1CCCC2. The van der Waals surface area contributed by atoms with Gasteiger partial charge < -0.3 is 0 Å². The van der Waals surface area contributed by atoms with E-state index in [1.165, 1.54) is 42.0 Å². The van der Waals surface area contributed by atoms with Crippen molar-refractivity contribution in [2.45, 2.75) is 68.4 Å². The normalized spacial score (nSPS) is 27.6. The monoisotopic (exact) mass is 386 g/mol. The Morgan fingerprint density at radius 1 is 1.20 bits per heavy atom. The van der Waals surface area contributed by atoms with Crippen molar-refractivity contribution in [3.05, 3.63) is 22.8 Å². The molecule has 20 heavy (non-hydrogen) atoms. The molecule has 0 aromatic carbocycles. The summed E-state index contributed by atoms with van der Waals surface area (Å²) in [6, 6.07) is 2.39. The molecule has 0 spiro atoms. The zero-order chi connectivity index (χ0) is 15.2. The third kappa shape index (κ3) is 3.14. The summed E-state index contributed by atoms with van der Waals surface area (Å²) in [6.45, 7) is 9.41. The molecule has 0 nitrogen and oxygen atoms in total. The summed E-state index contributed by atoms with van der Waals surface area (Å²) in [5.74, 6) is 0. The van der Waals surface area contributed by atoms with Gasteiger partial charge in [-0.25, -0.2) is 0 Å². The van der Waals surface area contributed by atoms with Gasteiger partial charge in [-0.2, -0.15) is 0 Å². The average Bonchev–Trinajstić information content (AvgIpc) is 2.63. The quantitative estimate of drug-likeness (QED) is 0.443. The van der Waals surface area contributed by atoms with Crippen LogP contribution in [0.4, 0.5) is 0 Å². The Morgan fingerprint density at radius 2 is 1.80 bits per heavy atom. The Kier molecular flexibility index (Phi) is 5.34. The number of hydrogen-bond acceptors (Lipinski definition) is 0. The molecule has 0 fully saturated rings. The molecule has 1 atom stereocenters. The van der Waals surface area contributed by atoms with Crippen LogP contribution >= 0.6 is 27.9 Å². The molecule has 5 heteroatoms. The van der Waals surface area contributed by atoms with Crippen LogP contribution in [0, 0.1) is 0 Å². The van der Waals surface area contributed by atoms with E-state index in [2.05, 4.69) is 33.0 Å². The van der Waals surface area contributed by atoms with Gasteiger partial charge in [0.1, 0.15) is 0 Å². The van der Waals surface area contributed by atoms with Crippen molar-refractivity contribution in [1.82, 2.24) is 0 Å². The molecule has 0 saturated carbocycles. The molecule has 0 N–H and O–H groups in total. The zero-order valence-corrected chi connectivity index (χ0v) is 17.8. The molecule has 2 aliphatic carbocycles. The van der Waals surface area contributed by atoms with Crippen LogP contribution in [0.3, 0.4) is 0 Å². The number of halogens is 3. The molecular formula is C15H25Cl3SiTi. The third-order valence-corrected chi connectivity index (χ3v) is 15.9. The van der Waals surface area contributed by atoms with E-state index in [1.807, 2.05) is 0 Å². The molecular weight excluding hydrogens is 362 g/mol. The molecule has 0 aromatic heterocycles. The minimum absolute atomic E-state index is 0.157. The zero-order valence-electron chi connectivity index (χ0n) is 13.0. The first-order valence-corrected chi connectivity index (χ1v) is 18.3. The molecule has 0 saturated heterocycles. The maximum atomic E-state index is 6.71. The Hall–Kier alpha value is 1.28. The molecule has 0 radical (unpaired) electrons. The Bertz CT molecular complexity index is 462. The molecule has 0 heterocycles. The Labute approximate surface area is 139 Å². The molecule has 1 unspecified atom stereocenters. The van der Waals surface area contributed by atoms with Gasteiger partial charge in [0, 0.05) is 0 Å². The van der Waals surface area contributed by atoms with Crippen molar-refractivity contribution in [2.75, 3.05) is 0 Å². The van der Waals surface area contributed by atoms with E-state index in [4.69, 9.17) is 27.9 Å². The van der Waals surface area contributed by atoms with E-state index in [0.29, 0.717) is 0 Å². The summed E-state index contributed by atoms with van der Waals surface area (Å²) in [6.07, 6.45) is 7.27. The van der Waals surface area contributed by atoms with Gasteiger partial charge in [0.15, 0.2) is 0 Å². The van der Waals surface area contributed by atoms with Gasteiger partial charge >= 0.3 is 141 Å². The van der Waals surface area contributed by atoms with Crippen molar-refractivity contribution >= 4 is 36.0 Å². The van der Waals surface area contributed by atoms with Crippen LogP contribution in [0.15, 0.2) is 22.8 Å². The second-order valence-electron chi connectivity index (χ2n) is 7.16. The van der Waals surface area contributed by atoms with Gasteiger partial charge in [0.2, 0.25) is 0 Å². The second-order valence-corrected chi connectivity index (χ2v) is 24.9. The van der Waals surface area contributed by atoms with Crippen molar-refractivity contribution in [2.24, 2.45) is 0 Å². The first kappa shape index (κ1) is 17.6. The van der Waals surface area contributed by atoms with Crippen LogP contribution in [0.5, 0.6) is 0 Å². The van der Waals surface area contributed by atoms with Gasteiger partial charge in [-0.3, -0.25) is 0 Å². The van der Waals surface area contributed by atoms with Gasteiger partial charge in [-0.05, 0) is 0 Å². The van der Waals surface area contributed by atoms with Gasteiger partial charge in [0.05, 0.1) is 0 Å². The van der Waals surface area contributed by atoms with Crippen molar-refractivity contribution in [1.29, 1.82) is 0 Å². The van der Waals surface area contributed by atoms with E-state index >= 15 is 0 Å². The average molecular weight is 388 g/mol. The van der Waals surface area contributed by atoms with Crippen LogP contribution in [0.1, 0.15) is 39.5 Å². The number of hydrogen-bond donors (Lipinski definition) is 0. The molecule has 0 amide bonds. The Morgan fingerprint density at radius 3 is 2.35 bits per heavy atom. The molecule has 0 aromatic rings. The number of rotatable bonds is 4. The summed E-state index contributed by atoms with van der Waals surface area (Å²) >= 11 is -3.39. The fourth-order valence-electron chi connectivity index (χ4n) is 3.77. The predicted molar refractivity (Wildman–Crippen MR) is 92.3 cm³/mol. The van der Waals surface area contributed by atoms with Gasteiger partial charge in [-0.1, -0.05) is 0 Å². The third-order valence-electron chi connectivity index (χ3n) is 5.17. The first-order chi connectivity index (χ1) is 9.13. The van der Waals surface area contributed by atoms with Gasteiger partial charge in [0.25, 0.3) is 0 Å². The fourth-order valence-corrected chi connectivity index (χ4v) is 15.3. The van der Waals surface area contributed by atoms with E-state index in [1.54, 1.807) is 0 Å². The van der Waals surface area contributed by atoms with Crippen LogP contribution in [-0.2, 0) is 13.4 Å². The van der Waals surface area contributed by atoms with E-state index in [-0.39, 0.29) is 3.72 Å². The maximum absolute atomic E-state index is 6.71. The van der Waals surface area contributed by atoms with E-state index < -0.39 is 21.5 Å². The van der Waals surface area contributed by atoms with Crippen LogP contribution in [-0.4, -0.2) is 8.07 Å². The van der Waals surface area contributed by atoms with E-state index in [0.717, 1.165) is 12.5 Å². The predicted octanol–water partition coefficient (Wildman–Crippen LogP) is 7.32. The Balaban J connectivity index is 2.52. The summed E-state index contributed by atoms with van der Waals surface area (Å²) in [5, 5.41) is 0. The summed E-state index contributed by atoms with van der Waals surface area (Å²) < 4.78 is -0.157. The first-order valence-electron chi connectivity index (χ1n) is 7.62. The standard InChI is InChI=1S/C15H25Si.3ClH.Ti/c1-5-16(3,4)11-13-10-12(2)14-8-6-7-9-15(13)14;;;;/h10H,5-9,11H2,1-4H3;3*1H;/q;;;;+3/p-3. The molecule has 2 rings (SSSR count). The van der Waals surface area contributed by atoms with Crippen LogP contribution in [0.25, 0.3) is 0 Å². The second kappa shape index (κ2) is 6.06. The summed E-state index contributed by atoms with van der Waals surface area (Å²) in [4.78, 5) is 0. The topological polar surface area (TPSA) is 0 Å². The van der Waals surface area contributed by atoms with Gasteiger partial charge in [-0.15, -0.1) is 0 Å². The molecule has 2 aliphatic rings. The summed E-state index contributed by atoms with van der Waals surface area (Å²) in [5.41, 5.74) is 4.46.